The van der Waals surface area contributed by atoms with Crippen molar-refractivity contribution >= 4 is 34.0 Å². The summed E-state index contributed by atoms with van der Waals surface area (Å²) in [5.41, 5.74) is 7.12. The number of esters is 1. The van der Waals surface area contributed by atoms with Gasteiger partial charge in [0.15, 0.2) is 0 Å². The molecule has 1 aliphatic rings. The first-order valence-electron chi connectivity index (χ1n) is 9.40. The molecule has 5 N–H and O–H groups in total. The number of anilines is 2. The number of pyridine rings is 1. The maximum atomic E-state index is 12.4. The molecule has 1 saturated heterocycles. The molecule has 0 radical (unpaired) electrons. The maximum Gasteiger partial charge on any atom is 0.341 e. The summed E-state index contributed by atoms with van der Waals surface area (Å²) < 4.78 is 5.17. The van der Waals surface area contributed by atoms with Crippen LogP contribution in [0.25, 0.3) is 0 Å². The van der Waals surface area contributed by atoms with Gasteiger partial charge >= 0.3 is 5.97 Å². The van der Waals surface area contributed by atoms with Crippen LogP contribution in [0, 0.1) is 0 Å². The molecule has 1 aliphatic heterocycles. The van der Waals surface area contributed by atoms with Crippen LogP contribution in [-0.2, 0) is 11.3 Å². The quantitative estimate of drug-likeness (QED) is 0.567. The van der Waals surface area contributed by atoms with Crippen molar-refractivity contribution in [3.8, 4) is 0 Å². The van der Waals surface area contributed by atoms with E-state index in [2.05, 4.69) is 21.3 Å². The molecule has 0 aliphatic carbocycles. The molecule has 9 heteroatoms. The summed E-state index contributed by atoms with van der Waals surface area (Å²) in [5, 5.41) is 2.98. The number of quaternary nitrogens is 1. The first-order chi connectivity index (χ1) is 13.5. The number of amides is 1. The summed E-state index contributed by atoms with van der Waals surface area (Å²) in [6, 6.07) is 6.04. The summed E-state index contributed by atoms with van der Waals surface area (Å²) in [4.78, 5) is 32.1. The fourth-order valence-corrected chi connectivity index (χ4v) is 4.47. The zero-order chi connectivity index (χ0) is 20.1. The number of H-pyrrole nitrogens is 1. The van der Waals surface area contributed by atoms with E-state index in [1.807, 2.05) is 18.3 Å². The van der Waals surface area contributed by atoms with Crippen molar-refractivity contribution < 1.29 is 24.2 Å². The van der Waals surface area contributed by atoms with Gasteiger partial charge in [-0.05, 0) is 13.0 Å². The number of carbonyl (C=O) groups excluding carboxylic acids is 2. The third-order valence-corrected chi connectivity index (χ3v) is 5.94. The lowest BCUT2D eigenvalue weighted by molar-refractivity contribution is -0.914. The summed E-state index contributed by atoms with van der Waals surface area (Å²) in [6.45, 7) is 6.16. The Balaban J connectivity index is 1.78. The lowest BCUT2D eigenvalue weighted by Crippen LogP contribution is -3.13. The Labute approximate surface area is 168 Å². The molecular formula is C19H27N5O3S+2. The lowest BCUT2D eigenvalue weighted by atomic mass is 10.1. The fourth-order valence-electron chi connectivity index (χ4n) is 3.45. The summed E-state index contributed by atoms with van der Waals surface area (Å²) in [5.74, 6) is 0.414. The Kier molecular flexibility index (Phi) is 6.48. The number of nitrogens with zero attached hydrogens (tertiary/aromatic N) is 1. The van der Waals surface area contributed by atoms with Crippen molar-refractivity contribution in [1.82, 2.24) is 5.32 Å². The number of nitrogen functional groups attached to an aromatic ring is 1. The predicted octanol–water partition coefficient (Wildman–Crippen LogP) is -0.414. The summed E-state index contributed by atoms with van der Waals surface area (Å²) >= 11 is 1.15. The zero-order valence-electron chi connectivity index (χ0n) is 16.2. The van der Waals surface area contributed by atoms with Crippen LogP contribution >= 0.6 is 11.3 Å². The van der Waals surface area contributed by atoms with Crippen LogP contribution in [0.1, 0.15) is 32.5 Å². The van der Waals surface area contributed by atoms with E-state index in [4.69, 9.17) is 10.5 Å². The Morgan fingerprint density at radius 2 is 2.11 bits per heavy atom. The highest BCUT2D eigenvalue weighted by molar-refractivity contribution is 7.18. The van der Waals surface area contributed by atoms with E-state index in [1.54, 1.807) is 14.0 Å². The number of aromatic nitrogens is 1. The number of carbonyl (C=O) groups is 2. The van der Waals surface area contributed by atoms with Gasteiger partial charge in [0, 0.05) is 18.7 Å². The van der Waals surface area contributed by atoms with Crippen molar-refractivity contribution in [2.24, 2.45) is 0 Å². The average Bonchev–Trinajstić information content (AvgIpc) is 3.04. The number of hydrogen-bond donors (Lipinski definition) is 3. The topological polar surface area (TPSA) is 103 Å². The van der Waals surface area contributed by atoms with E-state index in [1.165, 1.54) is 4.90 Å². The van der Waals surface area contributed by atoms with Crippen LogP contribution in [0.3, 0.4) is 0 Å². The Morgan fingerprint density at radius 3 is 2.71 bits per heavy atom. The maximum absolute atomic E-state index is 12.4. The molecule has 8 nitrogen and oxygen atoms in total. The molecule has 1 amide bonds. The van der Waals surface area contributed by atoms with E-state index in [0.29, 0.717) is 27.5 Å². The van der Waals surface area contributed by atoms with Gasteiger partial charge in [0.2, 0.25) is 0 Å². The number of ether oxygens (including phenoxy) is 1. The average molecular weight is 406 g/mol. The molecule has 28 heavy (non-hydrogen) atoms. The van der Waals surface area contributed by atoms with Crippen LogP contribution in [-0.4, -0.2) is 51.7 Å². The van der Waals surface area contributed by atoms with Gasteiger partial charge in [-0.25, -0.2) is 9.78 Å². The predicted molar refractivity (Wildman–Crippen MR) is 108 cm³/mol. The van der Waals surface area contributed by atoms with E-state index < -0.39 is 5.97 Å². The zero-order valence-corrected chi connectivity index (χ0v) is 17.0. The highest BCUT2D eigenvalue weighted by Gasteiger charge is 2.32. The number of aromatic amines is 1. The summed E-state index contributed by atoms with van der Waals surface area (Å²) in [7, 11) is 1.58. The molecule has 0 atom stereocenters. The van der Waals surface area contributed by atoms with Gasteiger partial charge in [-0.2, -0.15) is 0 Å². The van der Waals surface area contributed by atoms with Gasteiger partial charge in [0.05, 0.1) is 12.8 Å². The summed E-state index contributed by atoms with van der Waals surface area (Å²) in [6.07, 6.45) is 1.92. The number of nitrogens with one attached hydrogen (secondary N) is 3. The van der Waals surface area contributed by atoms with Gasteiger partial charge < -0.3 is 20.7 Å². The second-order valence-corrected chi connectivity index (χ2v) is 7.66. The molecule has 2 aromatic rings. The SMILES string of the molecule is CCOC(=O)c1c(N)sc(C(=O)NC)c1C[NH+]1CCN(c2cccc[nH+]2)CC1. The number of thiophene rings is 1. The molecule has 3 heterocycles. The highest BCUT2D eigenvalue weighted by Crippen LogP contribution is 2.31. The van der Waals surface area contributed by atoms with Gasteiger partial charge in [0.25, 0.3) is 11.7 Å². The molecular weight excluding hydrogens is 378 g/mol. The second kappa shape index (κ2) is 9.03. The van der Waals surface area contributed by atoms with Crippen molar-refractivity contribution in [1.29, 1.82) is 0 Å². The minimum Gasteiger partial charge on any atom is -0.462 e. The van der Waals surface area contributed by atoms with Crippen molar-refractivity contribution in [3.63, 3.8) is 0 Å². The fraction of sp³-hybridized carbons (Fsp3) is 0.421. The van der Waals surface area contributed by atoms with Gasteiger partial charge in [-0.15, -0.1) is 11.3 Å². The molecule has 1 fully saturated rings. The van der Waals surface area contributed by atoms with Crippen LogP contribution in [0.5, 0.6) is 0 Å². The smallest absolute Gasteiger partial charge is 0.341 e. The molecule has 3 rings (SSSR count). The Morgan fingerprint density at radius 1 is 1.36 bits per heavy atom. The first kappa shape index (κ1) is 20.1. The number of hydrogen-bond acceptors (Lipinski definition) is 6. The highest BCUT2D eigenvalue weighted by atomic mass is 32.1. The van der Waals surface area contributed by atoms with Crippen molar-refractivity contribution in [2.75, 3.05) is 50.5 Å². The molecule has 0 unspecified atom stereocenters. The number of rotatable bonds is 6. The van der Waals surface area contributed by atoms with Crippen LogP contribution in [0.2, 0.25) is 0 Å². The van der Waals surface area contributed by atoms with E-state index in [9.17, 15) is 9.59 Å². The Hall–Kier alpha value is -2.65. The third-order valence-electron chi connectivity index (χ3n) is 4.88. The Bertz CT molecular complexity index is 832. The lowest BCUT2D eigenvalue weighted by Gasteiger charge is -2.28. The minimum atomic E-state index is -0.460. The standard InChI is InChI=1S/C19H25N5O3S/c1-3-27-19(26)15-13(16(18(25)21-2)28-17(15)20)12-23-8-10-24(11-9-23)14-6-4-5-7-22-14/h4-7H,3,8-12,20H2,1-2H3,(H,21,25)/p+2. The van der Waals surface area contributed by atoms with Gasteiger partial charge in [-0.1, -0.05) is 6.07 Å². The van der Waals surface area contributed by atoms with Crippen LogP contribution in [0.15, 0.2) is 24.4 Å². The van der Waals surface area contributed by atoms with Crippen LogP contribution < -0.4 is 25.8 Å². The van der Waals surface area contributed by atoms with E-state index >= 15 is 0 Å². The van der Waals surface area contributed by atoms with Crippen LogP contribution in [0.4, 0.5) is 10.8 Å². The molecule has 150 valence electrons. The first-order valence-corrected chi connectivity index (χ1v) is 10.2. The monoisotopic (exact) mass is 405 g/mol. The molecule has 0 saturated carbocycles. The molecule has 0 aromatic carbocycles. The van der Waals surface area contributed by atoms with Gasteiger partial charge in [0.1, 0.15) is 48.2 Å². The molecule has 2 aromatic heterocycles. The minimum absolute atomic E-state index is 0.223. The third kappa shape index (κ3) is 4.26. The number of nitrogens with two attached hydrogens (primary N) is 1. The number of piperazine rings is 1. The van der Waals surface area contributed by atoms with E-state index in [0.717, 1.165) is 43.3 Å². The van der Waals surface area contributed by atoms with Gasteiger partial charge in [-0.3, -0.25) is 9.69 Å². The largest absolute Gasteiger partial charge is 0.462 e. The second-order valence-electron chi connectivity index (χ2n) is 6.61. The molecule has 0 spiro atoms. The van der Waals surface area contributed by atoms with E-state index in [-0.39, 0.29) is 12.5 Å². The normalized spacial score (nSPS) is 14.7. The molecule has 0 bridgehead atoms. The van der Waals surface area contributed by atoms with Crippen molar-refractivity contribution in [2.45, 2.75) is 13.5 Å². The van der Waals surface area contributed by atoms with Crippen molar-refractivity contribution in [3.05, 3.63) is 40.4 Å².